The van der Waals surface area contributed by atoms with Crippen LogP contribution in [0.3, 0.4) is 0 Å². The Bertz CT molecular complexity index is 399. The molecule has 2 unspecified atom stereocenters. The predicted octanol–water partition coefficient (Wildman–Crippen LogP) is 2.55. The number of carboxylic acid groups (broad SMARTS) is 1. The molecule has 3 nitrogen and oxygen atoms in total. The number of hydrogen-bond acceptors (Lipinski definition) is 2. The fraction of sp³-hybridized carbons (Fsp3) is 0.500. The van der Waals surface area contributed by atoms with Crippen molar-refractivity contribution >= 4 is 11.7 Å². The largest absolute Gasteiger partial charge is 0.481 e. The number of nitrogens with zero attached hydrogens (tertiary/aromatic N) is 1. The van der Waals surface area contributed by atoms with Crippen LogP contribution in [0.25, 0.3) is 0 Å². The molecule has 0 saturated carbocycles. The van der Waals surface area contributed by atoms with Crippen LogP contribution in [0.5, 0.6) is 0 Å². The smallest absolute Gasteiger partial charge is 0.308 e. The van der Waals surface area contributed by atoms with Gasteiger partial charge in [0.1, 0.15) is 0 Å². The van der Waals surface area contributed by atoms with E-state index in [-0.39, 0.29) is 12.0 Å². The number of aliphatic carboxylic acids is 1. The van der Waals surface area contributed by atoms with Crippen LogP contribution in [0.2, 0.25) is 0 Å². The van der Waals surface area contributed by atoms with Crippen molar-refractivity contribution in [2.24, 2.45) is 5.92 Å². The van der Waals surface area contributed by atoms with E-state index in [1.165, 1.54) is 5.56 Å². The maximum Gasteiger partial charge on any atom is 0.308 e. The molecule has 1 saturated heterocycles. The highest BCUT2D eigenvalue weighted by Crippen LogP contribution is 2.29. The Balaban J connectivity index is 2.15. The van der Waals surface area contributed by atoms with Gasteiger partial charge in [-0.2, -0.15) is 0 Å². The van der Waals surface area contributed by atoms with Gasteiger partial charge in [0.25, 0.3) is 0 Å². The van der Waals surface area contributed by atoms with Crippen molar-refractivity contribution in [3.05, 3.63) is 29.8 Å². The Labute approximate surface area is 102 Å². The molecule has 1 aliphatic rings. The fourth-order valence-electron chi connectivity index (χ4n) is 2.56. The second kappa shape index (κ2) is 4.78. The minimum Gasteiger partial charge on any atom is -0.481 e. The Morgan fingerprint density at radius 2 is 2.06 bits per heavy atom. The van der Waals surface area contributed by atoms with E-state index in [1.54, 1.807) is 0 Å². The zero-order valence-corrected chi connectivity index (χ0v) is 10.4. The van der Waals surface area contributed by atoms with Gasteiger partial charge < -0.3 is 10.0 Å². The van der Waals surface area contributed by atoms with Gasteiger partial charge >= 0.3 is 5.97 Å². The number of carbonyl (C=O) groups is 1. The summed E-state index contributed by atoms with van der Waals surface area (Å²) >= 11 is 0. The first-order chi connectivity index (χ1) is 8.13. The first-order valence-corrected chi connectivity index (χ1v) is 6.22. The van der Waals surface area contributed by atoms with E-state index in [2.05, 4.69) is 36.1 Å². The average molecular weight is 233 g/mol. The predicted molar refractivity (Wildman–Crippen MR) is 68.4 cm³/mol. The molecule has 0 spiro atoms. The van der Waals surface area contributed by atoms with Crippen molar-refractivity contribution in [1.29, 1.82) is 0 Å². The van der Waals surface area contributed by atoms with Gasteiger partial charge in [-0.25, -0.2) is 0 Å². The van der Waals surface area contributed by atoms with Crippen LogP contribution in [0.4, 0.5) is 5.69 Å². The molecule has 1 aromatic carbocycles. The number of benzene rings is 1. The Morgan fingerprint density at radius 1 is 1.41 bits per heavy atom. The van der Waals surface area contributed by atoms with Crippen molar-refractivity contribution < 1.29 is 9.90 Å². The van der Waals surface area contributed by atoms with Gasteiger partial charge in [-0.3, -0.25) is 4.79 Å². The molecule has 0 aromatic heterocycles. The molecule has 2 atom stereocenters. The van der Waals surface area contributed by atoms with Crippen LogP contribution >= 0.6 is 0 Å². The van der Waals surface area contributed by atoms with Crippen molar-refractivity contribution in [3.8, 4) is 0 Å². The van der Waals surface area contributed by atoms with Crippen molar-refractivity contribution in [2.75, 3.05) is 11.4 Å². The highest BCUT2D eigenvalue weighted by molar-refractivity contribution is 5.73. The van der Waals surface area contributed by atoms with E-state index in [4.69, 9.17) is 5.11 Å². The minimum absolute atomic E-state index is 0.0833. The normalized spacial score (nSPS) is 24.0. The van der Waals surface area contributed by atoms with Crippen molar-refractivity contribution in [3.63, 3.8) is 0 Å². The molecule has 1 N–H and O–H groups in total. The van der Waals surface area contributed by atoms with E-state index in [0.29, 0.717) is 0 Å². The Hall–Kier alpha value is -1.51. The number of rotatable bonds is 3. The summed E-state index contributed by atoms with van der Waals surface area (Å²) in [4.78, 5) is 13.3. The molecular formula is C14H19NO2. The van der Waals surface area contributed by atoms with Crippen LogP contribution in [0.15, 0.2) is 24.3 Å². The third kappa shape index (κ3) is 2.28. The zero-order chi connectivity index (χ0) is 12.4. The van der Waals surface area contributed by atoms with Gasteiger partial charge in [0.05, 0.1) is 5.92 Å². The van der Waals surface area contributed by atoms with Crippen LogP contribution in [-0.2, 0) is 11.2 Å². The summed E-state index contributed by atoms with van der Waals surface area (Å²) in [5.41, 5.74) is 2.45. The molecule has 1 aromatic rings. The molecule has 92 valence electrons. The van der Waals surface area contributed by atoms with E-state index in [0.717, 1.165) is 25.1 Å². The molecule has 1 aliphatic heterocycles. The molecule has 0 amide bonds. The SMILES string of the molecule is CCc1ccc(N2CCC(C(=O)O)C2C)cc1. The summed E-state index contributed by atoms with van der Waals surface area (Å²) in [6.45, 7) is 4.97. The summed E-state index contributed by atoms with van der Waals surface area (Å²) in [7, 11) is 0. The molecule has 0 radical (unpaired) electrons. The van der Waals surface area contributed by atoms with Gasteiger partial charge in [0.15, 0.2) is 0 Å². The van der Waals surface area contributed by atoms with Gasteiger partial charge in [0.2, 0.25) is 0 Å². The quantitative estimate of drug-likeness (QED) is 0.872. The lowest BCUT2D eigenvalue weighted by atomic mass is 10.0. The van der Waals surface area contributed by atoms with Crippen LogP contribution in [0.1, 0.15) is 25.8 Å². The summed E-state index contributed by atoms with van der Waals surface area (Å²) < 4.78 is 0. The lowest BCUT2D eigenvalue weighted by Crippen LogP contribution is -2.32. The molecule has 0 bridgehead atoms. The van der Waals surface area contributed by atoms with Gasteiger partial charge in [-0.15, -0.1) is 0 Å². The lowest BCUT2D eigenvalue weighted by molar-refractivity contribution is -0.141. The lowest BCUT2D eigenvalue weighted by Gasteiger charge is -2.25. The van der Waals surface area contributed by atoms with E-state index >= 15 is 0 Å². The van der Waals surface area contributed by atoms with Crippen LogP contribution < -0.4 is 4.90 Å². The zero-order valence-electron chi connectivity index (χ0n) is 10.4. The molecule has 0 aliphatic carbocycles. The summed E-state index contributed by atoms with van der Waals surface area (Å²) in [5, 5.41) is 9.10. The molecule has 17 heavy (non-hydrogen) atoms. The second-order valence-electron chi connectivity index (χ2n) is 4.69. The van der Waals surface area contributed by atoms with E-state index < -0.39 is 5.97 Å². The maximum atomic E-state index is 11.1. The topological polar surface area (TPSA) is 40.5 Å². The first-order valence-electron chi connectivity index (χ1n) is 6.22. The molecule has 1 heterocycles. The highest BCUT2D eigenvalue weighted by Gasteiger charge is 2.35. The van der Waals surface area contributed by atoms with Gasteiger partial charge in [-0.05, 0) is 37.5 Å². The highest BCUT2D eigenvalue weighted by atomic mass is 16.4. The second-order valence-corrected chi connectivity index (χ2v) is 4.69. The minimum atomic E-state index is -0.676. The fourth-order valence-corrected chi connectivity index (χ4v) is 2.56. The van der Waals surface area contributed by atoms with Crippen LogP contribution in [0, 0.1) is 5.92 Å². The maximum absolute atomic E-state index is 11.1. The summed E-state index contributed by atoms with van der Waals surface area (Å²) in [6.07, 6.45) is 1.78. The molecule has 3 heteroatoms. The molecule has 2 rings (SSSR count). The first kappa shape index (κ1) is 12.0. The van der Waals surface area contributed by atoms with E-state index in [9.17, 15) is 4.79 Å². The van der Waals surface area contributed by atoms with Gasteiger partial charge in [-0.1, -0.05) is 19.1 Å². The van der Waals surface area contributed by atoms with E-state index in [1.807, 2.05) is 6.92 Å². The number of carboxylic acids is 1. The number of hydrogen-bond donors (Lipinski definition) is 1. The van der Waals surface area contributed by atoms with Crippen LogP contribution in [-0.4, -0.2) is 23.7 Å². The van der Waals surface area contributed by atoms with Crippen molar-refractivity contribution in [2.45, 2.75) is 32.7 Å². The molecular weight excluding hydrogens is 214 g/mol. The monoisotopic (exact) mass is 233 g/mol. The summed E-state index contributed by atoms with van der Waals surface area (Å²) in [5.74, 6) is -0.911. The Kier molecular flexibility index (Phi) is 3.36. The molecule has 1 fully saturated rings. The Morgan fingerprint density at radius 3 is 2.53 bits per heavy atom. The summed E-state index contributed by atoms with van der Waals surface area (Å²) in [6, 6.07) is 8.52. The number of anilines is 1. The van der Waals surface area contributed by atoms with Crippen molar-refractivity contribution in [1.82, 2.24) is 0 Å². The third-order valence-corrected chi connectivity index (χ3v) is 3.75. The number of aryl methyl sites for hydroxylation is 1. The average Bonchev–Trinajstić information content (AvgIpc) is 2.71. The standard InChI is InChI=1S/C14H19NO2/c1-3-11-4-6-12(7-5-11)15-9-8-13(10(15)2)14(16)17/h4-7,10,13H,3,8-9H2,1-2H3,(H,16,17). The third-order valence-electron chi connectivity index (χ3n) is 3.75. The van der Waals surface area contributed by atoms with Gasteiger partial charge in [0, 0.05) is 18.3 Å².